The van der Waals surface area contributed by atoms with E-state index >= 15 is 0 Å². The van der Waals surface area contributed by atoms with Gasteiger partial charge in [0, 0.05) is 56.4 Å². The van der Waals surface area contributed by atoms with Crippen LogP contribution in [0.3, 0.4) is 0 Å². The predicted octanol–water partition coefficient (Wildman–Crippen LogP) is 3.16. The SMILES string of the molecule is COCCN1C(=O)C[C@@H](CNc2ccc([N+](=O)[O-])cc2F)[C@@H]1c1cnn(C(C)C)c1. The summed E-state index contributed by atoms with van der Waals surface area (Å²) in [5, 5.41) is 18.2. The number of nitro groups is 1. The van der Waals surface area contributed by atoms with Gasteiger partial charge in [-0.15, -0.1) is 0 Å². The van der Waals surface area contributed by atoms with Crippen molar-refractivity contribution in [1.29, 1.82) is 0 Å². The van der Waals surface area contributed by atoms with Gasteiger partial charge in [-0.1, -0.05) is 0 Å². The van der Waals surface area contributed by atoms with Crippen molar-refractivity contribution in [1.82, 2.24) is 14.7 Å². The summed E-state index contributed by atoms with van der Waals surface area (Å²) in [4.78, 5) is 24.6. The summed E-state index contributed by atoms with van der Waals surface area (Å²) in [6.07, 6.45) is 4.01. The number of carbonyl (C=O) groups excluding carboxylic acids is 1. The molecule has 1 fully saturated rings. The van der Waals surface area contributed by atoms with E-state index in [4.69, 9.17) is 4.74 Å². The second kappa shape index (κ2) is 9.21. The summed E-state index contributed by atoms with van der Waals surface area (Å²) < 4.78 is 21.2. The Balaban J connectivity index is 1.80. The van der Waals surface area contributed by atoms with Gasteiger partial charge in [-0.25, -0.2) is 4.39 Å². The van der Waals surface area contributed by atoms with E-state index in [1.165, 1.54) is 12.1 Å². The lowest BCUT2D eigenvalue weighted by molar-refractivity contribution is -0.385. The minimum atomic E-state index is -0.700. The second-order valence-electron chi connectivity index (χ2n) is 7.64. The largest absolute Gasteiger partial charge is 0.383 e. The fourth-order valence-electron chi connectivity index (χ4n) is 3.74. The van der Waals surface area contributed by atoms with Crippen molar-refractivity contribution in [3.8, 4) is 0 Å². The molecule has 1 N–H and O–H groups in total. The van der Waals surface area contributed by atoms with Crippen LogP contribution in [-0.4, -0.2) is 52.3 Å². The number of hydrogen-bond donors (Lipinski definition) is 1. The maximum absolute atomic E-state index is 14.2. The highest BCUT2D eigenvalue weighted by atomic mass is 19.1. The average Bonchev–Trinajstić information content (AvgIpc) is 3.29. The van der Waals surface area contributed by atoms with Crippen LogP contribution in [0, 0.1) is 21.8 Å². The van der Waals surface area contributed by atoms with E-state index in [0.29, 0.717) is 26.1 Å². The number of anilines is 1. The Hall–Kier alpha value is -3.01. The maximum Gasteiger partial charge on any atom is 0.272 e. The van der Waals surface area contributed by atoms with Gasteiger partial charge in [-0.2, -0.15) is 5.10 Å². The van der Waals surface area contributed by atoms with Gasteiger partial charge in [0.2, 0.25) is 5.91 Å². The van der Waals surface area contributed by atoms with Crippen LogP contribution in [0.2, 0.25) is 0 Å². The number of carbonyl (C=O) groups is 1. The number of ether oxygens (including phenoxy) is 1. The predicted molar refractivity (Wildman–Crippen MR) is 109 cm³/mol. The summed E-state index contributed by atoms with van der Waals surface area (Å²) >= 11 is 0. The fourth-order valence-corrected chi connectivity index (χ4v) is 3.74. The molecule has 1 saturated heterocycles. The highest BCUT2D eigenvalue weighted by Crippen LogP contribution is 2.38. The number of amides is 1. The topological polar surface area (TPSA) is 103 Å². The first-order chi connectivity index (χ1) is 14.3. The molecule has 3 rings (SSSR count). The first-order valence-corrected chi connectivity index (χ1v) is 9.82. The molecule has 1 amide bonds. The zero-order valence-corrected chi connectivity index (χ0v) is 17.2. The molecule has 2 heterocycles. The van der Waals surface area contributed by atoms with E-state index in [-0.39, 0.29) is 35.3 Å². The number of nitrogens with one attached hydrogen (secondary N) is 1. The molecule has 1 aliphatic rings. The van der Waals surface area contributed by atoms with Crippen LogP contribution in [0.15, 0.2) is 30.6 Å². The van der Waals surface area contributed by atoms with E-state index in [1.54, 1.807) is 18.2 Å². The Morgan fingerprint density at radius 3 is 2.80 bits per heavy atom. The van der Waals surface area contributed by atoms with E-state index in [1.807, 2.05) is 24.7 Å². The molecule has 162 valence electrons. The van der Waals surface area contributed by atoms with Crippen molar-refractivity contribution in [2.75, 3.05) is 32.1 Å². The van der Waals surface area contributed by atoms with Crippen LogP contribution in [-0.2, 0) is 9.53 Å². The highest BCUT2D eigenvalue weighted by Gasteiger charge is 2.41. The van der Waals surface area contributed by atoms with E-state index < -0.39 is 10.7 Å². The van der Waals surface area contributed by atoms with Crippen LogP contribution in [0.1, 0.15) is 37.9 Å². The smallest absolute Gasteiger partial charge is 0.272 e. The van der Waals surface area contributed by atoms with Crippen molar-refractivity contribution in [2.45, 2.75) is 32.4 Å². The first kappa shape index (κ1) is 21.7. The van der Waals surface area contributed by atoms with Crippen molar-refractivity contribution in [2.24, 2.45) is 5.92 Å². The number of aromatic nitrogens is 2. The Bertz CT molecular complexity index is 916. The highest BCUT2D eigenvalue weighted by molar-refractivity contribution is 5.79. The van der Waals surface area contributed by atoms with Gasteiger partial charge in [0.1, 0.15) is 0 Å². The third kappa shape index (κ3) is 4.59. The van der Waals surface area contributed by atoms with Crippen LogP contribution in [0.25, 0.3) is 0 Å². The molecule has 9 nitrogen and oxygen atoms in total. The summed E-state index contributed by atoms with van der Waals surface area (Å²) in [5.41, 5.74) is 0.778. The summed E-state index contributed by atoms with van der Waals surface area (Å²) in [5.74, 6) is -0.812. The molecule has 1 aromatic heterocycles. The Morgan fingerprint density at radius 1 is 1.43 bits per heavy atom. The van der Waals surface area contributed by atoms with Gasteiger partial charge in [0.15, 0.2) is 5.82 Å². The third-order valence-corrected chi connectivity index (χ3v) is 5.29. The van der Waals surface area contributed by atoms with Gasteiger partial charge in [-0.05, 0) is 19.9 Å². The molecule has 1 aromatic carbocycles. The number of methoxy groups -OCH3 is 1. The van der Waals surface area contributed by atoms with E-state index in [9.17, 15) is 19.3 Å². The van der Waals surface area contributed by atoms with Crippen LogP contribution in [0.4, 0.5) is 15.8 Å². The number of rotatable bonds is 9. The number of likely N-dealkylation sites (tertiary alicyclic amines) is 1. The van der Waals surface area contributed by atoms with E-state index in [2.05, 4.69) is 10.4 Å². The molecule has 2 atom stereocenters. The Morgan fingerprint density at radius 2 is 2.20 bits per heavy atom. The third-order valence-electron chi connectivity index (χ3n) is 5.29. The van der Waals surface area contributed by atoms with Gasteiger partial charge in [0.05, 0.1) is 35.5 Å². The molecule has 0 unspecified atom stereocenters. The molecule has 1 aliphatic heterocycles. The minimum Gasteiger partial charge on any atom is -0.383 e. The second-order valence-corrected chi connectivity index (χ2v) is 7.64. The molecule has 0 bridgehead atoms. The molecule has 0 saturated carbocycles. The van der Waals surface area contributed by atoms with E-state index in [0.717, 1.165) is 11.6 Å². The quantitative estimate of drug-likeness (QED) is 0.495. The molecule has 0 aliphatic carbocycles. The van der Waals surface area contributed by atoms with Crippen LogP contribution < -0.4 is 5.32 Å². The van der Waals surface area contributed by atoms with Gasteiger partial charge in [0.25, 0.3) is 5.69 Å². The van der Waals surface area contributed by atoms with Crippen molar-refractivity contribution < 1.29 is 18.8 Å². The first-order valence-electron chi connectivity index (χ1n) is 9.82. The molecule has 2 aromatic rings. The molecule has 0 radical (unpaired) electrons. The van der Waals surface area contributed by atoms with Crippen LogP contribution >= 0.6 is 0 Å². The molecule has 30 heavy (non-hydrogen) atoms. The molecule has 0 spiro atoms. The lowest BCUT2D eigenvalue weighted by Gasteiger charge is -2.27. The number of nitro benzene ring substituents is 1. The molecule has 10 heteroatoms. The Labute approximate surface area is 174 Å². The summed E-state index contributed by atoms with van der Waals surface area (Å²) in [6, 6.07) is 3.46. The van der Waals surface area contributed by atoms with Crippen LogP contribution in [0.5, 0.6) is 0 Å². The lowest BCUT2D eigenvalue weighted by Crippen LogP contribution is -2.33. The number of hydrogen-bond acceptors (Lipinski definition) is 6. The van der Waals surface area contributed by atoms with Gasteiger partial charge in [-0.3, -0.25) is 19.6 Å². The molecular formula is C20H26FN5O4. The average molecular weight is 419 g/mol. The standard InChI is InChI=1S/C20H26FN5O4/c1-13(2)25-12-15(11-23-25)20-14(8-19(27)24(20)6-7-30-3)10-22-18-5-4-16(26(28)29)9-17(18)21/h4-5,9,11-14,20,22H,6-8,10H2,1-3H3/t14-,20+/m0/s1. The number of nitrogens with zero attached hydrogens (tertiary/aromatic N) is 4. The zero-order valence-electron chi connectivity index (χ0n) is 17.2. The summed E-state index contributed by atoms with van der Waals surface area (Å²) in [7, 11) is 1.59. The van der Waals surface area contributed by atoms with Crippen molar-refractivity contribution >= 4 is 17.3 Å². The normalized spacial score (nSPS) is 19.0. The number of non-ortho nitro benzene ring substituents is 1. The molecular weight excluding hydrogens is 393 g/mol. The fraction of sp³-hybridized carbons (Fsp3) is 0.500. The van der Waals surface area contributed by atoms with Crippen molar-refractivity contribution in [3.05, 3.63) is 52.1 Å². The van der Waals surface area contributed by atoms with Gasteiger partial charge < -0.3 is 15.0 Å². The Kier molecular flexibility index (Phi) is 6.66. The lowest BCUT2D eigenvalue weighted by atomic mass is 9.95. The monoisotopic (exact) mass is 419 g/mol. The number of benzene rings is 1. The number of halogens is 1. The minimum absolute atomic E-state index is 0.00492. The van der Waals surface area contributed by atoms with Crippen molar-refractivity contribution in [3.63, 3.8) is 0 Å². The van der Waals surface area contributed by atoms with Gasteiger partial charge >= 0.3 is 0 Å². The summed E-state index contributed by atoms with van der Waals surface area (Å²) in [6.45, 7) is 5.25. The zero-order chi connectivity index (χ0) is 21.8. The maximum atomic E-state index is 14.2.